The van der Waals surface area contributed by atoms with Gasteiger partial charge in [0.1, 0.15) is 6.17 Å². The van der Waals surface area contributed by atoms with Crippen LogP contribution in [0.15, 0.2) is 0 Å². The highest BCUT2D eigenvalue weighted by Crippen LogP contribution is 2.54. The van der Waals surface area contributed by atoms with Gasteiger partial charge in [0.2, 0.25) is 5.91 Å². The normalized spacial score (nSPS) is 42.8. The van der Waals surface area contributed by atoms with Crippen LogP contribution in [-0.2, 0) is 9.53 Å². The van der Waals surface area contributed by atoms with E-state index in [-0.39, 0.29) is 11.3 Å². The number of hydrogen-bond donors (Lipinski definition) is 2. The average molecular weight is 532 g/mol. The van der Waals surface area contributed by atoms with Crippen LogP contribution in [-0.4, -0.2) is 92.1 Å². The highest BCUT2D eigenvalue weighted by molar-refractivity contribution is 5.82. The van der Waals surface area contributed by atoms with Gasteiger partial charge in [0.25, 0.3) is 0 Å². The Morgan fingerprint density at radius 1 is 1.03 bits per heavy atom. The Morgan fingerprint density at radius 3 is 2.53 bits per heavy atom. The van der Waals surface area contributed by atoms with Crippen molar-refractivity contribution in [1.82, 2.24) is 25.6 Å². The molecule has 2 N–H and O–H groups in total. The lowest BCUT2D eigenvalue weighted by atomic mass is 9.64. The Bertz CT molecular complexity index is 860. The first kappa shape index (κ1) is 26.1. The summed E-state index contributed by atoms with van der Waals surface area (Å²) in [6.45, 7) is 6.54. The van der Waals surface area contributed by atoms with Gasteiger partial charge in [0.05, 0.1) is 26.0 Å². The van der Waals surface area contributed by atoms with Crippen molar-refractivity contribution in [1.29, 1.82) is 0 Å². The lowest BCUT2D eigenvalue weighted by molar-refractivity contribution is -0.169. The molecule has 8 heteroatoms. The number of carbonyl (C=O) groups is 1. The average Bonchev–Trinajstić information content (AvgIpc) is 3.59. The molecule has 7 atom stereocenters. The smallest absolute Gasteiger partial charge is 0.226 e. The second-order valence-corrected chi connectivity index (χ2v) is 14.4. The number of fused-ring (bicyclic) bond motifs is 1. The highest BCUT2D eigenvalue weighted by atomic mass is 19.1. The van der Waals surface area contributed by atoms with E-state index < -0.39 is 6.17 Å². The maximum atomic E-state index is 14.1. The van der Waals surface area contributed by atoms with Crippen LogP contribution in [0.2, 0.25) is 0 Å². The van der Waals surface area contributed by atoms with E-state index >= 15 is 0 Å². The first-order valence-corrected chi connectivity index (χ1v) is 15.9. The zero-order valence-corrected chi connectivity index (χ0v) is 23.5. The molecule has 7 nitrogen and oxygen atoms in total. The van der Waals surface area contributed by atoms with Gasteiger partial charge in [-0.25, -0.2) is 15.2 Å². The fourth-order valence-electron chi connectivity index (χ4n) is 9.55. The first-order valence-electron chi connectivity index (χ1n) is 15.9. The molecule has 0 aromatic carbocycles. The number of hydrogen-bond acceptors (Lipinski definition) is 6. The van der Waals surface area contributed by atoms with Crippen molar-refractivity contribution in [2.45, 2.75) is 89.0 Å². The molecule has 3 saturated carbocycles. The molecule has 38 heavy (non-hydrogen) atoms. The summed E-state index contributed by atoms with van der Waals surface area (Å²) >= 11 is 0. The Balaban J connectivity index is 1.02. The quantitative estimate of drug-likeness (QED) is 0.526. The molecule has 4 saturated heterocycles. The molecule has 4 aliphatic heterocycles. The monoisotopic (exact) mass is 531 g/mol. The molecule has 0 spiro atoms. The standard InChI is InChI=1S/C30H50FN5O2/c1-34-19-32-33-28(34)14-30(17-38-18-30)22-3-2-4-24(13-22)36-16-27-25(21-5-6-21)11-20(12-26(27)29(36)37)15-35-9-7-23(31)8-10-35/h20-28,32-33H,2-19H2,1H3. The molecular formula is C30H50FN5O2. The van der Waals surface area contributed by atoms with E-state index in [0.29, 0.717) is 48.7 Å². The summed E-state index contributed by atoms with van der Waals surface area (Å²) in [5, 5.41) is 0. The van der Waals surface area contributed by atoms with E-state index in [9.17, 15) is 9.18 Å². The molecule has 0 bridgehead atoms. The maximum Gasteiger partial charge on any atom is 0.226 e. The van der Waals surface area contributed by atoms with Crippen LogP contribution in [0, 0.1) is 40.9 Å². The van der Waals surface area contributed by atoms with Crippen LogP contribution >= 0.6 is 0 Å². The Kier molecular flexibility index (Phi) is 7.25. The number of amides is 1. The fraction of sp³-hybridized carbons (Fsp3) is 0.967. The van der Waals surface area contributed by atoms with Crippen molar-refractivity contribution in [2.75, 3.05) is 53.1 Å². The third-order valence-electron chi connectivity index (χ3n) is 12.0. The van der Waals surface area contributed by atoms with Gasteiger partial charge in [-0.15, -0.1) is 0 Å². The van der Waals surface area contributed by atoms with Gasteiger partial charge >= 0.3 is 0 Å². The summed E-state index contributed by atoms with van der Waals surface area (Å²) < 4.78 is 19.6. The molecule has 7 fully saturated rings. The molecule has 0 aromatic rings. The molecule has 7 aliphatic rings. The number of piperidine rings is 1. The third kappa shape index (κ3) is 4.95. The summed E-state index contributed by atoms with van der Waals surface area (Å²) in [5.41, 5.74) is 7.01. The molecular weight excluding hydrogens is 481 g/mol. The molecule has 214 valence electrons. The largest absolute Gasteiger partial charge is 0.380 e. The van der Waals surface area contributed by atoms with Gasteiger partial charge < -0.3 is 14.5 Å². The molecule has 1 amide bonds. The van der Waals surface area contributed by atoms with E-state index in [1.807, 2.05) is 0 Å². The fourth-order valence-corrected chi connectivity index (χ4v) is 9.55. The third-order valence-corrected chi connectivity index (χ3v) is 12.0. The number of nitrogens with zero attached hydrogens (tertiary/aromatic N) is 3. The van der Waals surface area contributed by atoms with Crippen LogP contribution < -0.4 is 10.9 Å². The molecule has 0 radical (unpaired) electrons. The number of alkyl halides is 1. The minimum atomic E-state index is -0.608. The summed E-state index contributed by atoms with van der Waals surface area (Å²) in [6.07, 6.45) is 12.2. The van der Waals surface area contributed by atoms with Crippen LogP contribution in [0.5, 0.6) is 0 Å². The second-order valence-electron chi connectivity index (χ2n) is 14.4. The Hall–Kier alpha value is -0.800. The van der Waals surface area contributed by atoms with Crippen molar-refractivity contribution >= 4 is 5.91 Å². The van der Waals surface area contributed by atoms with Gasteiger partial charge in [-0.05, 0) is 101 Å². The number of nitrogens with one attached hydrogen (secondary N) is 2. The summed E-state index contributed by atoms with van der Waals surface area (Å²) in [5.74, 6) is 4.14. The molecule has 4 heterocycles. The SMILES string of the molecule is CN1CNNC1CC1(C2CCCC(N3CC4C(CC(CN5CCC(F)CC5)CC4C4CC4)C3=O)C2)COC1. The number of hydrazine groups is 1. The van der Waals surface area contributed by atoms with Gasteiger partial charge in [0, 0.05) is 43.6 Å². The maximum absolute atomic E-state index is 14.1. The van der Waals surface area contributed by atoms with Crippen LogP contribution in [0.3, 0.4) is 0 Å². The van der Waals surface area contributed by atoms with Crippen LogP contribution in [0.1, 0.15) is 70.6 Å². The number of rotatable bonds is 7. The first-order chi connectivity index (χ1) is 18.5. The topological polar surface area (TPSA) is 60.1 Å². The molecule has 7 rings (SSSR count). The van der Waals surface area contributed by atoms with Crippen LogP contribution in [0.4, 0.5) is 4.39 Å². The summed E-state index contributed by atoms with van der Waals surface area (Å²) in [6, 6.07) is 0.415. The van der Waals surface area contributed by atoms with E-state index in [4.69, 9.17) is 4.74 Å². The second kappa shape index (κ2) is 10.6. The summed E-state index contributed by atoms with van der Waals surface area (Å²) in [4.78, 5) is 21.3. The van der Waals surface area contributed by atoms with Crippen molar-refractivity contribution in [2.24, 2.45) is 40.9 Å². The minimum Gasteiger partial charge on any atom is -0.380 e. The van der Waals surface area contributed by atoms with Gasteiger partial charge in [-0.2, -0.15) is 0 Å². The number of carbonyl (C=O) groups excluding carboxylic acids is 1. The number of likely N-dealkylation sites (tertiary alicyclic amines) is 2. The zero-order chi connectivity index (χ0) is 25.9. The molecule has 0 aromatic heterocycles. The van der Waals surface area contributed by atoms with Crippen molar-refractivity contribution < 1.29 is 13.9 Å². The highest BCUT2D eigenvalue weighted by Gasteiger charge is 2.55. The number of halogens is 1. The predicted octanol–water partition coefficient (Wildman–Crippen LogP) is 3.22. The van der Waals surface area contributed by atoms with E-state index in [1.54, 1.807) is 0 Å². The van der Waals surface area contributed by atoms with E-state index in [0.717, 1.165) is 77.2 Å². The summed E-state index contributed by atoms with van der Waals surface area (Å²) in [7, 11) is 2.19. The molecule has 7 unspecified atom stereocenters. The molecule has 3 aliphatic carbocycles. The number of ether oxygens (including phenoxy) is 1. The van der Waals surface area contributed by atoms with Gasteiger partial charge in [0.15, 0.2) is 0 Å². The van der Waals surface area contributed by atoms with Gasteiger partial charge in [-0.1, -0.05) is 6.42 Å². The van der Waals surface area contributed by atoms with E-state index in [1.165, 1.54) is 38.5 Å². The predicted molar refractivity (Wildman–Crippen MR) is 145 cm³/mol. The van der Waals surface area contributed by atoms with E-state index in [2.05, 4.69) is 32.6 Å². The van der Waals surface area contributed by atoms with Crippen molar-refractivity contribution in [3.63, 3.8) is 0 Å². The van der Waals surface area contributed by atoms with Crippen molar-refractivity contribution in [3.8, 4) is 0 Å². The van der Waals surface area contributed by atoms with Crippen LogP contribution in [0.25, 0.3) is 0 Å². The van der Waals surface area contributed by atoms with Gasteiger partial charge in [-0.3, -0.25) is 9.69 Å². The zero-order valence-electron chi connectivity index (χ0n) is 23.5. The van der Waals surface area contributed by atoms with Crippen molar-refractivity contribution in [3.05, 3.63) is 0 Å². The lowest BCUT2D eigenvalue weighted by Crippen LogP contribution is -2.56. The Morgan fingerprint density at radius 2 is 1.84 bits per heavy atom. The minimum absolute atomic E-state index is 0.238. The lowest BCUT2D eigenvalue weighted by Gasteiger charge is -2.52. The Labute approximate surface area is 228 Å².